The molecule has 0 amide bonds. The molecule has 0 radical (unpaired) electrons. The van der Waals surface area contributed by atoms with Crippen LogP contribution >= 0.6 is 23.6 Å². The number of hydrogen-bond acceptors (Lipinski definition) is 4. The molecule has 3 rings (SSSR count). The number of nitrogens with one attached hydrogen (secondary N) is 1. The van der Waals surface area contributed by atoms with Gasteiger partial charge >= 0.3 is 0 Å². The standard InChI is InChI=1S/C20H21N3O2S2/c1-14-15(4-2-6-18(14)22-20(21)26)13-23-9-7-16(12-19(23)24)25-10-8-17-5-3-11-27-17/h2-7,9,11-12H,8,10,13H2,1H3,(H3,21,22,26). The number of anilines is 1. The largest absolute Gasteiger partial charge is 0.493 e. The summed E-state index contributed by atoms with van der Waals surface area (Å²) in [4.78, 5) is 13.7. The molecular formula is C20H21N3O2S2. The summed E-state index contributed by atoms with van der Waals surface area (Å²) in [5.74, 6) is 0.591. The third kappa shape index (κ3) is 5.18. The van der Waals surface area contributed by atoms with Gasteiger partial charge in [-0.25, -0.2) is 0 Å². The smallest absolute Gasteiger partial charge is 0.254 e. The molecule has 2 aromatic heterocycles. The van der Waals surface area contributed by atoms with Crippen molar-refractivity contribution < 1.29 is 4.74 Å². The average molecular weight is 400 g/mol. The molecule has 3 N–H and O–H groups in total. The van der Waals surface area contributed by atoms with Crippen LogP contribution in [0.2, 0.25) is 0 Å². The molecule has 2 heterocycles. The Morgan fingerprint density at radius 1 is 1.30 bits per heavy atom. The van der Waals surface area contributed by atoms with Crippen LogP contribution < -0.4 is 21.3 Å². The molecule has 0 aliphatic carbocycles. The Hall–Kier alpha value is -2.64. The van der Waals surface area contributed by atoms with Gasteiger partial charge in [-0.15, -0.1) is 11.3 Å². The Balaban J connectivity index is 1.67. The van der Waals surface area contributed by atoms with E-state index in [0.29, 0.717) is 18.9 Å². The second kappa shape index (κ2) is 8.83. The lowest BCUT2D eigenvalue weighted by atomic mass is 10.1. The normalized spacial score (nSPS) is 10.6. The maximum Gasteiger partial charge on any atom is 0.254 e. The summed E-state index contributed by atoms with van der Waals surface area (Å²) in [6.07, 6.45) is 2.60. The molecule has 140 valence electrons. The van der Waals surface area contributed by atoms with Gasteiger partial charge in [0.15, 0.2) is 5.11 Å². The summed E-state index contributed by atoms with van der Waals surface area (Å²) in [5, 5.41) is 5.23. The van der Waals surface area contributed by atoms with E-state index in [2.05, 4.69) is 11.4 Å². The van der Waals surface area contributed by atoms with Gasteiger partial charge in [-0.05, 0) is 53.8 Å². The Morgan fingerprint density at radius 2 is 2.15 bits per heavy atom. The zero-order valence-corrected chi connectivity index (χ0v) is 16.6. The highest BCUT2D eigenvalue weighted by molar-refractivity contribution is 7.80. The minimum absolute atomic E-state index is 0.101. The molecule has 5 nitrogen and oxygen atoms in total. The highest BCUT2D eigenvalue weighted by Gasteiger charge is 2.07. The quantitative estimate of drug-likeness (QED) is 0.595. The summed E-state index contributed by atoms with van der Waals surface area (Å²) in [6.45, 7) is 2.99. The van der Waals surface area contributed by atoms with Crippen LogP contribution in [0.4, 0.5) is 5.69 Å². The van der Waals surface area contributed by atoms with Crippen molar-refractivity contribution in [3.05, 3.63) is 80.4 Å². The third-order valence-corrected chi connectivity index (χ3v) is 5.25. The SMILES string of the molecule is Cc1c(Cn2ccc(OCCc3cccs3)cc2=O)cccc1NC(N)=S. The van der Waals surface area contributed by atoms with E-state index in [9.17, 15) is 4.79 Å². The van der Waals surface area contributed by atoms with Gasteiger partial charge < -0.3 is 20.4 Å². The first-order chi connectivity index (χ1) is 13.0. The number of ether oxygens (including phenoxy) is 1. The molecule has 7 heteroatoms. The van der Waals surface area contributed by atoms with E-state index < -0.39 is 0 Å². The molecule has 3 aromatic rings. The van der Waals surface area contributed by atoms with Gasteiger partial charge in [0.1, 0.15) is 5.75 Å². The van der Waals surface area contributed by atoms with Crippen molar-refractivity contribution >= 4 is 34.4 Å². The van der Waals surface area contributed by atoms with Crippen molar-refractivity contribution in [2.24, 2.45) is 5.73 Å². The van der Waals surface area contributed by atoms with E-state index >= 15 is 0 Å². The van der Waals surface area contributed by atoms with E-state index in [1.54, 1.807) is 22.1 Å². The van der Waals surface area contributed by atoms with Gasteiger partial charge in [-0.3, -0.25) is 4.79 Å². The highest BCUT2D eigenvalue weighted by Crippen LogP contribution is 2.20. The lowest BCUT2D eigenvalue weighted by molar-refractivity contribution is 0.321. The fourth-order valence-electron chi connectivity index (χ4n) is 2.74. The summed E-state index contributed by atoms with van der Waals surface area (Å²) >= 11 is 6.61. The maximum absolute atomic E-state index is 12.4. The van der Waals surface area contributed by atoms with Gasteiger partial charge in [0.05, 0.1) is 13.2 Å². The predicted molar refractivity (Wildman–Crippen MR) is 115 cm³/mol. The summed E-state index contributed by atoms with van der Waals surface area (Å²) in [5.41, 5.74) is 8.33. The summed E-state index contributed by atoms with van der Waals surface area (Å²) in [7, 11) is 0. The Labute approximate surface area is 167 Å². The van der Waals surface area contributed by atoms with Gasteiger partial charge in [-0.2, -0.15) is 0 Å². The Kier molecular flexibility index (Phi) is 6.26. The molecule has 1 aromatic carbocycles. The number of aromatic nitrogens is 1. The van der Waals surface area contributed by atoms with Crippen LogP contribution in [-0.2, 0) is 13.0 Å². The average Bonchev–Trinajstić information content (AvgIpc) is 3.13. The number of thiophene rings is 1. The second-order valence-electron chi connectivity index (χ2n) is 6.09. The second-order valence-corrected chi connectivity index (χ2v) is 7.56. The Bertz CT molecular complexity index is 981. The Morgan fingerprint density at radius 3 is 2.85 bits per heavy atom. The topological polar surface area (TPSA) is 69.3 Å². The zero-order valence-electron chi connectivity index (χ0n) is 15.0. The minimum atomic E-state index is -0.101. The molecule has 0 fully saturated rings. The highest BCUT2D eigenvalue weighted by atomic mass is 32.1. The molecular weight excluding hydrogens is 378 g/mol. The van der Waals surface area contributed by atoms with Crippen LogP contribution in [0, 0.1) is 6.92 Å². The van der Waals surface area contributed by atoms with E-state index in [1.807, 2.05) is 42.6 Å². The van der Waals surface area contributed by atoms with Crippen LogP contribution in [0.25, 0.3) is 0 Å². The maximum atomic E-state index is 12.4. The minimum Gasteiger partial charge on any atom is -0.493 e. The van der Waals surface area contributed by atoms with Crippen molar-refractivity contribution in [2.45, 2.75) is 19.9 Å². The van der Waals surface area contributed by atoms with Crippen molar-refractivity contribution in [2.75, 3.05) is 11.9 Å². The molecule has 0 bridgehead atoms. The van der Waals surface area contributed by atoms with Crippen LogP contribution in [-0.4, -0.2) is 16.3 Å². The van der Waals surface area contributed by atoms with Crippen molar-refractivity contribution in [3.63, 3.8) is 0 Å². The first kappa shape index (κ1) is 19.1. The van der Waals surface area contributed by atoms with E-state index in [4.69, 9.17) is 22.7 Å². The molecule has 0 aliphatic heterocycles. The summed E-state index contributed by atoms with van der Waals surface area (Å²) in [6, 6.07) is 13.3. The van der Waals surface area contributed by atoms with Crippen LogP contribution in [0.15, 0.2) is 58.8 Å². The van der Waals surface area contributed by atoms with Gasteiger partial charge in [0, 0.05) is 29.2 Å². The number of hydrogen-bond donors (Lipinski definition) is 2. The predicted octanol–water partition coefficient (Wildman–Crippen LogP) is 3.54. The molecule has 0 aliphatic rings. The monoisotopic (exact) mass is 399 g/mol. The molecule has 0 saturated carbocycles. The number of benzene rings is 1. The van der Waals surface area contributed by atoms with Gasteiger partial charge in [0.25, 0.3) is 5.56 Å². The third-order valence-electron chi connectivity index (χ3n) is 4.21. The summed E-state index contributed by atoms with van der Waals surface area (Å²) < 4.78 is 7.36. The van der Waals surface area contributed by atoms with Gasteiger partial charge in [0.2, 0.25) is 0 Å². The van der Waals surface area contributed by atoms with E-state index in [0.717, 1.165) is 23.2 Å². The zero-order chi connectivity index (χ0) is 19.2. The lowest BCUT2D eigenvalue weighted by Crippen LogP contribution is -2.21. The van der Waals surface area contributed by atoms with Crippen LogP contribution in [0.5, 0.6) is 5.75 Å². The van der Waals surface area contributed by atoms with Crippen molar-refractivity contribution in [3.8, 4) is 5.75 Å². The molecule has 0 unspecified atom stereocenters. The number of nitrogens with zero attached hydrogens (tertiary/aromatic N) is 1. The number of pyridine rings is 1. The first-order valence-electron chi connectivity index (χ1n) is 8.53. The number of thiocarbonyl (C=S) groups is 1. The molecule has 0 spiro atoms. The number of rotatable bonds is 7. The molecule has 27 heavy (non-hydrogen) atoms. The van der Waals surface area contributed by atoms with Gasteiger partial charge in [-0.1, -0.05) is 18.2 Å². The first-order valence-corrected chi connectivity index (χ1v) is 9.82. The molecule has 0 atom stereocenters. The number of nitrogens with two attached hydrogens (primary N) is 1. The van der Waals surface area contributed by atoms with Crippen LogP contribution in [0.3, 0.4) is 0 Å². The fraction of sp³-hybridized carbons (Fsp3) is 0.200. The van der Waals surface area contributed by atoms with Crippen molar-refractivity contribution in [1.82, 2.24) is 4.57 Å². The fourth-order valence-corrected chi connectivity index (χ4v) is 3.54. The molecule has 0 saturated heterocycles. The van der Waals surface area contributed by atoms with E-state index in [1.165, 1.54) is 10.9 Å². The lowest BCUT2D eigenvalue weighted by Gasteiger charge is -2.14. The van der Waals surface area contributed by atoms with Crippen molar-refractivity contribution in [1.29, 1.82) is 0 Å². The van der Waals surface area contributed by atoms with E-state index in [-0.39, 0.29) is 10.7 Å². The van der Waals surface area contributed by atoms with Crippen LogP contribution in [0.1, 0.15) is 16.0 Å².